The van der Waals surface area contributed by atoms with Crippen molar-refractivity contribution in [1.82, 2.24) is 0 Å². The van der Waals surface area contributed by atoms with E-state index in [0.717, 1.165) is 24.3 Å². The molecule has 0 spiro atoms. The normalized spacial score (nSPS) is 11.3. The van der Waals surface area contributed by atoms with Gasteiger partial charge in [0.05, 0.1) is 15.5 Å². The highest BCUT2D eigenvalue weighted by molar-refractivity contribution is 7.93. The zero-order valence-electron chi connectivity index (χ0n) is 21.4. The van der Waals surface area contributed by atoms with Crippen LogP contribution in [0.1, 0.15) is 0 Å². The SMILES string of the molecule is NS(=O)(=O)c1ccc(N(C(=O)COc2ccccc2)S(=O)(=O)c2ccc(NC(=O)COc3ccccc3)cc2)cc1. The van der Waals surface area contributed by atoms with Crippen LogP contribution in [0.4, 0.5) is 11.4 Å². The zero-order chi connectivity index (χ0) is 29.5. The fourth-order valence-electron chi connectivity index (χ4n) is 3.59. The van der Waals surface area contributed by atoms with Crippen LogP contribution in [0.3, 0.4) is 0 Å². The van der Waals surface area contributed by atoms with E-state index < -0.39 is 38.5 Å². The summed E-state index contributed by atoms with van der Waals surface area (Å²) in [5.41, 5.74) is 0.169. The first-order valence-electron chi connectivity index (χ1n) is 12.0. The minimum absolute atomic E-state index is 0.130. The number of primary sulfonamides is 1. The van der Waals surface area contributed by atoms with Crippen molar-refractivity contribution >= 4 is 43.2 Å². The monoisotopic (exact) mass is 595 g/mol. The second-order valence-electron chi connectivity index (χ2n) is 8.48. The van der Waals surface area contributed by atoms with E-state index in [1.807, 2.05) is 6.07 Å². The first-order chi connectivity index (χ1) is 19.5. The van der Waals surface area contributed by atoms with Crippen molar-refractivity contribution in [3.63, 3.8) is 0 Å². The van der Waals surface area contributed by atoms with E-state index in [1.165, 1.54) is 24.3 Å². The highest BCUT2D eigenvalue weighted by Crippen LogP contribution is 2.26. The fourth-order valence-corrected chi connectivity index (χ4v) is 5.51. The van der Waals surface area contributed by atoms with Crippen molar-refractivity contribution in [3.8, 4) is 11.5 Å². The van der Waals surface area contributed by atoms with Gasteiger partial charge >= 0.3 is 0 Å². The van der Waals surface area contributed by atoms with Gasteiger partial charge in [-0.3, -0.25) is 9.59 Å². The molecule has 0 saturated heterocycles. The number of carbonyl (C=O) groups is 2. The molecule has 0 fully saturated rings. The Kier molecular flexibility index (Phi) is 9.02. The maximum absolute atomic E-state index is 13.7. The van der Waals surface area contributed by atoms with E-state index in [2.05, 4.69) is 5.32 Å². The van der Waals surface area contributed by atoms with Crippen molar-refractivity contribution in [2.24, 2.45) is 5.14 Å². The molecule has 212 valence electrons. The van der Waals surface area contributed by atoms with Crippen LogP contribution < -0.4 is 24.2 Å². The molecule has 41 heavy (non-hydrogen) atoms. The molecule has 0 radical (unpaired) electrons. The highest BCUT2D eigenvalue weighted by Gasteiger charge is 2.31. The average Bonchev–Trinajstić information content (AvgIpc) is 2.96. The fraction of sp³-hybridized carbons (Fsp3) is 0.0714. The van der Waals surface area contributed by atoms with E-state index in [9.17, 15) is 26.4 Å². The molecule has 0 saturated carbocycles. The Morgan fingerprint density at radius 1 is 0.659 bits per heavy atom. The van der Waals surface area contributed by atoms with Crippen LogP contribution in [0, 0.1) is 0 Å². The molecule has 0 aromatic heterocycles. The van der Waals surface area contributed by atoms with Crippen molar-refractivity contribution in [1.29, 1.82) is 0 Å². The molecule has 0 heterocycles. The van der Waals surface area contributed by atoms with Crippen molar-refractivity contribution in [3.05, 3.63) is 109 Å². The van der Waals surface area contributed by atoms with Gasteiger partial charge in [0, 0.05) is 5.69 Å². The van der Waals surface area contributed by atoms with Crippen LogP contribution in [0.2, 0.25) is 0 Å². The highest BCUT2D eigenvalue weighted by atomic mass is 32.2. The molecule has 0 aliphatic rings. The second kappa shape index (κ2) is 12.6. The first-order valence-corrected chi connectivity index (χ1v) is 15.0. The number of hydrogen-bond donors (Lipinski definition) is 2. The molecule has 3 N–H and O–H groups in total. The number of ether oxygens (including phenoxy) is 2. The number of anilines is 2. The molecular formula is C28H25N3O8S2. The Balaban J connectivity index is 1.55. The van der Waals surface area contributed by atoms with Gasteiger partial charge in [0.2, 0.25) is 10.0 Å². The van der Waals surface area contributed by atoms with Gasteiger partial charge < -0.3 is 14.8 Å². The number of hydrogen-bond acceptors (Lipinski definition) is 8. The Bertz CT molecular complexity index is 1710. The number of benzene rings is 4. The van der Waals surface area contributed by atoms with Gasteiger partial charge in [-0.25, -0.2) is 22.0 Å². The van der Waals surface area contributed by atoms with Crippen molar-refractivity contribution in [2.45, 2.75) is 9.79 Å². The number of rotatable bonds is 11. The zero-order valence-corrected chi connectivity index (χ0v) is 23.0. The summed E-state index contributed by atoms with van der Waals surface area (Å²) in [4.78, 5) is 25.0. The molecule has 13 heteroatoms. The van der Waals surface area contributed by atoms with Crippen molar-refractivity contribution in [2.75, 3.05) is 22.8 Å². The minimum Gasteiger partial charge on any atom is -0.484 e. The van der Waals surface area contributed by atoms with Crippen LogP contribution in [-0.4, -0.2) is 41.9 Å². The quantitative estimate of drug-likeness (QED) is 0.267. The third-order valence-corrected chi connectivity index (χ3v) is 8.21. The van der Waals surface area contributed by atoms with Crippen LogP contribution in [0.5, 0.6) is 11.5 Å². The van der Waals surface area contributed by atoms with Gasteiger partial charge in [-0.15, -0.1) is 0 Å². The Labute approximate surface area is 237 Å². The number of nitrogens with two attached hydrogens (primary N) is 1. The van der Waals surface area contributed by atoms with Gasteiger partial charge in [-0.1, -0.05) is 36.4 Å². The largest absolute Gasteiger partial charge is 0.484 e. The van der Waals surface area contributed by atoms with Gasteiger partial charge in [-0.05, 0) is 72.8 Å². The number of nitrogens with one attached hydrogen (secondary N) is 1. The lowest BCUT2D eigenvalue weighted by molar-refractivity contribution is -0.119. The van der Waals surface area contributed by atoms with Gasteiger partial charge in [0.25, 0.3) is 21.8 Å². The molecule has 0 aliphatic carbocycles. The molecule has 0 aliphatic heterocycles. The number of carbonyl (C=O) groups excluding carboxylic acids is 2. The molecule has 2 amide bonds. The maximum Gasteiger partial charge on any atom is 0.278 e. The molecule has 4 aromatic carbocycles. The number of sulfonamides is 2. The number of nitrogens with zero attached hydrogens (tertiary/aromatic N) is 1. The van der Waals surface area contributed by atoms with E-state index in [0.29, 0.717) is 21.5 Å². The summed E-state index contributed by atoms with van der Waals surface area (Å²) in [7, 11) is -8.57. The summed E-state index contributed by atoms with van der Waals surface area (Å²) < 4.78 is 62.0. The van der Waals surface area contributed by atoms with Gasteiger partial charge in [0.15, 0.2) is 13.2 Å². The third kappa shape index (κ3) is 7.69. The summed E-state index contributed by atoms with van der Waals surface area (Å²) in [5.74, 6) is -0.539. The lowest BCUT2D eigenvalue weighted by atomic mass is 10.3. The summed E-state index contributed by atoms with van der Waals surface area (Å²) >= 11 is 0. The Morgan fingerprint density at radius 3 is 1.66 bits per heavy atom. The minimum atomic E-state index is -4.51. The predicted octanol–water partition coefficient (Wildman–Crippen LogP) is 3.15. The molecule has 4 aromatic rings. The molecule has 0 atom stereocenters. The standard InChI is InChI=1S/C28H25N3O8S2/c29-40(34,35)25-17-13-22(14-18-25)31(28(33)20-39-24-9-5-2-6-10-24)41(36,37)26-15-11-21(12-16-26)30-27(32)19-38-23-7-3-1-4-8-23/h1-18H,19-20H2,(H,30,32)(H2,29,34,35). The van der Waals surface area contributed by atoms with Crippen LogP contribution in [0.15, 0.2) is 119 Å². The smallest absolute Gasteiger partial charge is 0.278 e. The lowest BCUT2D eigenvalue weighted by Gasteiger charge is -2.23. The molecule has 0 unspecified atom stereocenters. The topological polar surface area (TPSA) is 162 Å². The molecule has 4 rings (SSSR count). The Hall–Kier alpha value is -4.72. The maximum atomic E-state index is 13.7. The van der Waals surface area contributed by atoms with E-state index in [1.54, 1.807) is 54.6 Å². The van der Waals surface area contributed by atoms with E-state index >= 15 is 0 Å². The van der Waals surface area contributed by atoms with E-state index in [4.69, 9.17) is 14.6 Å². The first kappa shape index (κ1) is 29.3. The summed E-state index contributed by atoms with van der Waals surface area (Å²) in [6.07, 6.45) is 0. The number of amides is 2. The van der Waals surface area contributed by atoms with Crippen LogP contribution in [-0.2, 0) is 29.6 Å². The van der Waals surface area contributed by atoms with Crippen LogP contribution in [0.25, 0.3) is 0 Å². The molecule has 11 nitrogen and oxygen atoms in total. The Morgan fingerprint density at radius 2 is 1.15 bits per heavy atom. The summed E-state index contributed by atoms with van der Waals surface area (Å²) in [5, 5.41) is 7.75. The summed E-state index contributed by atoms with van der Waals surface area (Å²) in [6, 6.07) is 26.7. The predicted molar refractivity (Wildman–Crippen MR) is 151 cm³/mol. The van der Waals surface area contributed by atoms with Crippen molar-refractivity contribution < 1.29 is 35.9 Å². The van der Waals surface area contributed by atoms with E-state index in [-0.39, 0.29) is 22.1 Å². The third-order valence-electron chi connectivity index (χ3n) is 5.52. The van der Waals surface area contributed by atoms with Gasteiger partial charge in [-0.2, -0.15) is 4.31 Å². The molecule has 0 bridgehead atoms. The molecular weight excluding hydrogens is 570 g/mol. The average molecular weight is 596 g/mol. The van der Waals surface area contributed by atoms with Crippen LogP contribution >= 0.6 is 0 Å². The lowest BCUT2D eigenvalue weighted by Crippen LogP contribution is -2.40. The van der Waals surface area contributed by atoms with Gasteiger partial charge in [0.1, 0.15) is 11.5 Å². The second-order valence-corrected chi connectivity index (χ2v) is 11.8. The number of para-hydroxylation sites is 2. The summed E-state index contributed by atoms with van der Waals surface area (Å²) in [6.45, 7) is -0.891.